The van der Waals surface area contributed by atoms with Gasteiger partial charge < -0.3 is 19.9 Å². The van der Waals surface area contributed by atoms with Crippen molar-refractivity contribution < 1.29 is 19.0 Å². The average molecular weight is 574 g/mol. The van der Waals surface area contributed by atoms with Crippen LogP contribution in [0.1, 0.15) is 110 Å². The van der Waals surface area contributed by atoms with Crippen LogP contribution in [0.15, 0.2) is 66.7 Å². The first-order valence-corrected chi connectivity index (χ1v) is 15.9. The van der Waals surface area contributed by atoms with Crippen LogP contribution in [0.3, 0.4) is 0 Å². The molecule has 3 aromatic rings. The lowest BCUT2D eigenvalue weighted by molar-refractivity contribution is 0.0870. The first-order chi connectivity index (χ1) is 20.5. The van der Waals surface area contributed by atoms with E-state index in [1.807, 2.05) is 73.7 Å². The average Bonchev–Trinajstić information content (AvgIpc) is 3.01. The monoisotopic (exact) mass is 573 g/mol. The van der Waals surface area contributed by atoms with Gasteiger partial charge in [-0.15, -0.1) is 0 Å². The molecule has 0 aliphatic heterocycles. The van der Waals surface area contributed by atoms with Crippen LogP contribution in [-0.4, -0.2) is 32.2 Å². The van der Waals surface area contributed by atoms with E-state index in [4.69, 9.17) is 19.9 Å². The fourth-order valence-corrected chi connectivity index (χ4v) is 4.98. The predicted octanol–water partition coefficient (Wildman–Crippen LogP) is 8.93. The van der Waals surface area contributed by atoms with Gasteiger partial charge in [0, 0.05) is 18.6 Å². The number of benzene rings is 3. The van der Waals surface area contributed by atoms with E-state index in [1.165, 1.54) is 44.9 Å². The minimum Gasteiger partial charge on any atom is -0.493 e. The van der Waals surface area contributed by atoms with Crippen LogP contribution < -0.4 is 15.2 Å². The van der Waals surface area contributed by atoms with Gasteiger partial charge in [0.2, 0.25) is 0 Å². The second-order valence-electron chi connectivity index (χ2n) is 11.2. The van der Waals surface area contributed by atoms with Crippen LogP contribution in [0, 0.1) is 13.8 Å². The molecule has 228 valence electrons. The summed E-state index contributed by atoms with van der Waals surface area (Å²) in [6, 6.07) is 21.7. The molecule has 42 heavy (non-hydrogen) atoms. The highest BCUT2D eigenvalue weighted by Crippen LogP contribution is 2.25. The summed E-state index contributed by atoms with van der Waals surface area (Å²) in [4.78, 5) is 12.9. The number of nitrogens with two attached hydrogens (primary N) is 1. The summed E-state index contributed by atoms with van der Waals surface area (Å²) < 4.78 is 17.6. The van der Waals surface area contributed by atoms with Gasteiger partial charge in [-0.25, -0.2) is 0 Å². The summed E-state index contributed by atoms with van der Waals surface area (Å²) in [5.41, 5.74) is 11.4. The van der Waals surface area contributed by atoms with Gasteiger partial charge in [0.15, 0.2) is 5.78 Å². The van der Waals surface area contributed by atoms with Gasteiger partial charge in [0.25, 0.3) is 0 Å². The molecule has 5 heteroatoms. The molecule has 0 saturated heterocycles. The Morgan fingerprint density at radius 3 is 2.10 bits per heavy atom. The zero-order valence-corrected chi connectivity index (χ0v) is 26.0. The third kappa shape index (κ3) is 11.6. The fourth-order valence-electron chi connectivity index (χ4n) is 4.98. The zero-order chi connectivity index (χ0) is 30.0. The normalized spacial score (nSPS) is 11.8. The van der Waals surface area contributed by atoms with Crippen LogP contribution >= 0.6 is 0 Å². The minimum atomic E-state index is -0.158. The molecule has 0 fully saturated rings. The maximum absolute atomic E-state index is 12.9. The molecule has 0 heterocycles. The van der Waals surface area contributed by atoms with E-state index < -0.39 is 0 Å². The van der Waals surface area contributed by atoms with Crippen molar-refractivity contribution in [3.63, 3.8) is 0 Å². The summed E-state index contributed by atoms with van der Waals surface area (Å²) in [6.45, 7) is 8.51. The van der Waals surface area contributed by atoms with E-state index in [0.717, 1.165) is 45.7 Å². The van der Waals surface area contributed by atoms with Crippen molar-refractivity contribution in [2.75, 3.05) is 26.4 Å². The SMILES string of the molecule is CCCCCCCCCCOc1cc(C(=O)CCCOCCOc2ccc(C(N)c3ccccc3)cc2)cc(C)c1C. The van der Waals surface area contributed by atoms with Gasteiger partial charge in [0.1, 0.15) is 18.1 Å². The van der Waals surface area contributed by atoms with Crippen LogP contribution in [0.4, 0.5) is 0 Å². The first kappa shape index (κ1) is 33.4. The maximum atomic E-state index is 12.9. The van der Waals surface area contributed by atoms with E-state index in [0.29, 0.717) is 39.3 Å². The van der Waals surface area contributed by atoms with Crippen LogP contribution in [0.2, 0.25) is 0 Å². The molecule has 0 saturated carbocycles. The highest BCUT2D eigenvalue weighted by molar-refractivity contribution is 5.96. The van der Waals surface area contributed by atoms with Gasteiger partial charge >= 0.3 is 0 Å². The van der Waals surface area contributed by atoms with Crippen LogP contribution in [-0.2, 0) is 4.74 Å². The Morgan fingerprint density at radius 2 is 1.38 bits per heavy atom. The molecule has 1 unspecified atom stereocenters. The van der Waals surface area contributed by atoms with Crippen LogP contribution in [0.25, 0.3) is 0 Å². The number of Topliss-reactive ketones (excluding diaryl/α,β-unsaturated/α-hetero) is 1. The number of hydrogen-bond acceptors (Lipinski definition) is 5. The Balaban J connectivity index is 1.30. The summed E-state index contributed by atoms with van der Waals surface area (Å²) in [6.07, 6.45) is 11.3. The quantitative estimate of drug-likeness (QED) is 0.102. The van der Waals surface area contributed by atoms with Crippen molar-refractivity contribution in [1.82, 2.24) is 0 Å². The molecule has 2 N–H and O–H groups in total. The number of aryl methyl sites for hydroxylation is 1. The molecule has 0 amide bonds. The summed E-state index contributed by atoms with van der Waals surface area (Å²) >= 11 is 0. The van der Waals surface area contributed by atoms with E-state index >= 15 is 0 Å². The molecule has 0 spiro atoms. The molecule has 3 rings (SSSR count). The van der Waals surface area contributed by atoms with E-state index in [2.05, 4.69) is 13.8 Å². The molecule has 0 radical (unpaired) electrons. The van der Waals surface area contributed by atoms with Gasteiger partial charge in [0.05, 0.1) is 19.3 Å². The topological polar surface area (TPSA) is 70.8 Å². The Morgan fingerprint density at radius 1 is 0.714 bits per heavy atom. The lowest BCUT2D eigenvalue weighted by Crippen LogP contribution is -2.12. The smallest absolute Gasteiger partial charge is 0.163 e. The number of rotatable bonds is 21. The molecule has 5 nitrogen and oxygen atoms in total. The molecular weight excluding hydrogens is 522 g/mol. The van der Waals surface area contributed by atoms with Gasteiger partial charge in [-0.2, -0.15) is 0 Å². The van der Waals surface area contributed by atoms with Crippen molar-refractivity contribution >= 4 is 5.78 Å². The minimum absolute atomic E-state index is 0.128. The lowest BCUT2D eigenvalue weighted by atomic mass is 10.00. The van der Waals surface area contributed by atoms with Gasteiger partial charge in [-0.1, -0.05) is 94.3 Å². The molecule has 0 aliphatic rings. The Labute approximate surface area is 253 Å². The molecule has 3 aromatic carbocycles. The second-order valence-corrected chi connectivity index (χ2v) is 11.2. The third-order valence-electron chi connectivity index (χ3n) is 7.78. The highest BCUT2D eigenvalue weighted by atomic mass is 16.5. The number of ketones is 1. The van der Waals surface area contributed by atoms with Crippen molar-refractivity contribution in [2.45, 2.75) is 91.0 Å². The number of carbonyl (C=O) groups excluding carboxylic acids is 1. The van der Waals surface area contributed by atoms with Crippen molar-refractivity contribution in [1.29, 1.82) is 0 Å². The Bertz CT molecular complexity index is 1180. The maximum Gasteiger partial charge on any atom is 0.163 e. The molecular formula is C37H51NO4. The van der Waals surface area contributed by atoms with Crippen LogP contribution in [0.5, 0.6) is 11.5 Å². The third-order valence-corrected chi connectivity index (χ3v) is 7.78. The van der Waals surface area contributed by atoms with E-state index in [-0.39, 0.29) is 11.8 Å². The highest BCUT2D eigenvalue weighted by Gasteiger charge is 2.12. The summed E-state index contributed by atoms with van der Waals surface area (Å²) in [7, 11) is 0. The molecule has 0 bridgehead atoms. The standard InChI is InChI=1S/C37H51NO4/c1-4-5-6-7-8-9-10-14-24-42-36-28-33(27-29(2)30(36)3)35(39)18-15-23-40-25-26-41-34-21-19-32(20-22-34)37(38)31-16-12-11-13-17-31/h11-13,16-17,19-22,27-28,37H,4-10,14-15,18,23-26,38H2,1-3H3. The molecule has 0 aliphatic carbocycles. The second kappa shape index (κ2) is 19.1. The predicted molar refractivity (Wildman–Crippen MR) is 173 cm³/mol. The fraction of sp³-hybridized carbons (Fsp3) is 0.486. The van der Waals surface area contributed by atoms with E-state index in [9.17, 15) is 4.79 Å². The molecule has 0 aromatic heterocycles. The van der Waals surface area contributed by atoms with Crippen molar-refractivity contribution in [3.05, 3.63) is 94.5 Å². The largest absolute Gasteiger partial charge is 0.493 e. The Hall–Kier alpha value is -3.15. The number of carbonyl (C=O) groups is 1. The Kier molecular flexibility index (Phi) is 15.2. The number of hydrogen-bond donors (Lipinski definition) is 1. The zero-order valence-electron chi connectivity index (χ0n) is 26.0. The number of ether oxygens (including phenoxy) is 3. The summed E-state index contributed by atoms with van der Waals surface area (Å²) in [5.74, 6) is 1.75. The van der Waals surface area contributed by atoms with Crippen molar-refractivity contribution in [2.24, 2.45) is 5.73 Å². The van der Waals surface area contributed by atoms with Crippen molar-refractivity contribution in [3.8, 4) is 11.5 Å². The van der Waals surface area contributed by atoms with Gasteiger partial charge in [-0.05, 0) is 73.2 Å². The molecule has 1 atom stereocenters. The van der Waals surface area contributed by atoms with Gasteiger partial charge in [-0.3, -0.25) is 4.79 Å². The number of unbranched alkanes of at least 4 members (excludes halogenated alkanes) is 7. The lowest BCUT2D eigenvalue weighted by Gasteiger charge is -2.14. The summed E-state index contributed by atoms with van der Waals surface area (Å²) in [5, 5.41) is 0. The van der Waals surface area contributed by atoms with E-state index in [1.54, 1.807) is 0 Å². The first-order valence-electron chi connectivity index (χ1n) is 15.9.